The van der Waals surface area contributed by atoms with Gasteiger partial charge in [-0.3, -0.25) is 4.79 Å². The second-order valence-electron chi connectivity index (χ2n) is 3.27. The summed E-state index contributed by atoms with van der Waals surface area (Å²) in [4.78, 5) is 22.3. The second kappa shape index (κ2) is 5.09. The van der Waals surface area contributed by atoms with Crippen LogP contribution in [0.1, 0.15) is 17.3 Å². The highest BCUT2D eigenvalue weighted by molar-refractivity contribution is 9.10. The molecule has 0 radical (unpaired) electrons. The minimum absolute atomic E-state index is 0.0170. The van der Waals surface area contributed by atoms with Gasteiger partial charge in [-0.15, -0.1) is 0 Å². The Morgan fingerprint density at radius 2 is 2.12 bits per heavy atom. The van der Waals surface area contributed by atoms with Crippen molar-refractivity contribution in [3.63, 3.8) is 0 Å². The predicted octanol–water partition coefficient (Wildman–Crippen LogP) is 1.43. The molecule has 0 aliphatic rings. The summed E-state index contributed by atoms with van der Waals surface area (Å²) in [6.45, 7) is 1.52. The number of carboxylic acids is 1. The first kappa shape index (κ1) is 12.7. The van der Waals surface area contributed by atoms with Crippen molar-refractivity contribution in [3.05, 3.63) is 28.2 Å². The van der Waals surface area contributed by atoms with Gasteiger partial charge in [0.05, 0.1) is 17.3 Å². The van der Waals surface area contributed by atoms with Crippen LogP contribution in [0.4, 0.5) is 5.69 Å². The number of hydrogen-bond acceptors (Lipinski definition) is 3. The lowest BCUT2D eigenvalue weighted by atomic mass is 10.1. The fraction of sp³-hybridized carbons (Fsp3) is 0.200. The van der Waals surface area contributed by atoms with Crippen LogP contribution in [0, 0.1) is 0 Å². The molecular formula is C10H11BrN2O3. The number of nitrogens with two attached hydrogens (primary N) is 1. The van der Waals surface area contributed by atoms with Gasteiger partial charge >= 0.3 is 5.97 Å². The Bertz CT molecular complexity index is 432. The second-order valence-corrected chi connectivity index (χ2v) is 4.19. The fourth-order valence-corrected chi connectivity index (χ4v) is 1.41. The third-order valence-electron chi connectivity index (χ3n) is 1.88. The Labute approximate surface area is 101 Å². The zero-order valence-corrected chi connectivity index (χ0v) is 10.1. The number of carboxylic acid groups (broad SMARTS) is 1. The van der Waals surface area contributed by atoms with E-state index in [1.807, 2.05) is 0 Å². The van der Waals surface area contributed by atoms with Crippen molar-refractivity contribution < 1.29 is 14.7 Å². The van der Waals surface area contributed by atoms with Crippen molar-refractivity contribution >= 4 is 33.5 Å². The van der Waals surface area contributed by atoms with E-state index in [1.165, 1.54) is 19.1 Å². The van der Waals surface area contributed by atoms with Crippen molar-refractivity contribution in [2.24, 2.45) is 5.73 Å². The predicted molar refractivity (Wildman–Crippen MR) is 63.4 cm³/mol. The largest absolute Gasteiger partial charge is 0.478 e. The molecule has 86 valence electrons. The van der Waals surface area contributed by atoms with Crippen molar-refractivity contribution in [2.45, 2.75) is 13.0 Å². The maximum atomic E-state index is 11.3. The molecule has 0 saturated heterocycles. The van der Waals surface area contributed by atoms with Gasteiger partial charge in [0.2, 0.25) is 5.91 Å². The number of carbonyl (C=O) groups is 2. The topological polar surface area (TPSA) is 92.4 Å². The molecule has 0 fully saturated rings. The van der Waals surface area contributed by atoms with Crippen LogP contribution in [0.25, 0.3) is 0 Å². The van der Waals surface area contributed by atoms with Gasteiger partial charge < -0.3 is 16.2 Å². The number of hydrogen-bond donors (Lipinski definition) is 3. The standard InChI is InChI=1S/C10H11BrN2O3/c1-5(12)9(14)13-8-3-2-6(11)4-7(8)10(15)16/h2-5H,12H2,1H3,(H,13,14)(H,15,16)/t5-/m0/s1. The highest BCUT2D eigenvalue weighted by Gasteiger charge is 2.14. The number of anilines is 1. The molecule has 1 atom stereocenters. The van der Waals surface area contributed by atoms with Crippen LogP contribution in [0.5, 0.6) is 0 Å². The average molecular weight is 287 g/mol. The Balaban J connectivity index is 3.04. The molecule has 0 bridgehead atoms. The first-order valence-corrected chi connectivity index (χ1v) is 5.30. The van der Waals surface area contributed by atoms with Gasteiger partial charge in [-0.2, -0.15) is 0 Å². The highest BCUT2D eigenvalue weighted by atomic mass is 79.9. The zero-order valence-electron chi connectivity index (χ0n) is 8.53. The Morgan fingerprint density at radius 3 is 2.62 bits per heavy atom. The van der Waals surface area contributed by atoms with E-state index in [1.54, 1.807) is 6.07 Å². The number of amides is 1. The summed E-state index contributed by atoms with van der Waals surface area (Å²) in [5.41, 5.74) is 5.62. The molecule has 1 amide bonds. The molecule has 0 aromatic heterocycles. The molecule has 0 spiro atoms. The van der Waals surface area contributed by atoms with Crippen LogP contribution >= 0.6 is 15.9 Å². The van der Waals surface area contributed by atoms with E-state index in [0.717, 1.165) is 0 Å². The molecule has 0 aliphatic heterocycles. The lowest BCUT2D eigenvalue weighted by Crippen LogP contribution is -2.33. The van der Waals surface area contributed by atoms with Gasteiger partial charge in [0.15, 0.2) is 0 Å². The first-order chi connectivity index (χ1) is 7.41. The highest BCUT2D eigenvalue weighted by Crippen LogP contribution is 2.21. The Kier molecular flexibility index (Phi) is 4.03. The van der Waals surface area contributed by atoms with Crippen LogP contribution in [0.2, 0.25) is 0 Å². The van der Waals surface area contributed by atoms with Gasteiger partial charge in [0.25, 0.3) is 0 Å². The van der Waals surface area contributed by atoms with Crippen LogP contribution in [-0.4, -0.2) is 23.0 Å². The first-order valence-electron chi connectivity index (χ1n) is 4.51. The lowest BCUT2D eigenvalue weighted by Gasteiger charge is -2.10. The Hall–Kier alpha value is -1.40. The number of halogens is 1. The lowest BCUT2D eigenvalue weighted by molar-refractivity contribution is -0.117. The van der Waals surface area contributed by atoms with E-state index in [2.05, 4.69) is 21.2 Å². The number of nitrogens with one attached hydrogen (secondary N) is 1. The summed E-state index contributed by atoms with van der Waals surface area (Å²) in [7, 11) is 0. The molecule has 0 aliphatic carbocycles. The normalized spacial score (nSPS) is 11.9. The summed E-state index contributed by atoms with van der Waals surface area (Å²) in [5, 5.41) is 11.4. The van der Waals surface area contributed by atoms with E-state index in [0.29, 0.717) is 4.47 Å². The third-order valence-corrected chi connectivity index (χ3v) is 2.38. The van der Waals surface area contributed by atoms with Crippen molar-refractivity contribution in [2.75, 3.05) is 5.32 Å². The minimum atomic E-state index is -1.11. The van der Waals surface area contributed by atoms with E-state index in [4.69, 9.17) is 10.8 Å². The molecule has 6 heteroatoms. The van der Waals surface area contributed by atoms with Crippen molar-refractivity contribution in [1.29, 1.82) is 0 Å². The van der Waals surface area contributed by atoms with Crippen molar-refractivity contribution in [3.8, 4) is 0 Å². The minimum Gasteiger partial charge on any atom is -0.478 e. The molecule has 0 heterocycles. The number of carbonyl (C=O) groups excluding carboxylic acids is 1. The van der Waals surface area contributed by atoms with E-state index >= 15 is 0 Å². The van der Waals surface area contributed by atoms with Crippen molar-refractivity contribution in [1.82, 2.24) is 0 Å². The summed E-state index contributed by atoms with van der Waals surface area (Å²) in [5.74, 6) is -1.54. The van der Waals surface area contributed by atoms with E-state index in [-0.39, 0.29) is 11.3 Å². The molecule has 1 aromatic rings. The Morgan fingerprint density at radius 1 is 1.50 bits per heavy atom. The molecule has 0 saturated carbocycles. The SMILES string of the molecule is C[C@H](N)C(=O)Nc1ccc(Br)cc1C(=O)O. The third kappa shape index (κ3) is 3.04. The van der Waals surface area contributed by atoms with Crippen LogP contribution in [0.3, 0.4) is 0 Å². The summed E-state index contributed by atoms with van der Waals surface area (Å²) in [6, 6.07) is 3.88. The monoisotopic (exact) mass is 286 g/mol. The molecule has 1 rings (SSSR count). The fourth-order valence-electron chi connectivity index (χ4n) is 1.05. The maximum absolute atomic E-state index is 11.3. The van der Waals surface area contributed by atoms with Crippen LogP contribution < -0.4 is 11.1 Å². The van der Waals surface area contributed by atoms with Gasteiger partial charge in [-0.1, -0.05) is 15.9 Å². The van der Waals surface area contributed by atoms with Gasteiger partial charge in [-0.25, -0.2) is 4.79 Å². The number of benzene rings is 1. The van der Waals surface area contributed by atoms with Gasteiger partial charge in [0.1, 0.15) is 0 Å². The molecule has 16 heavy (non-hydrogen) atoms. The molecule has 1 aromatic carbocycles. The summed E-state index contributed by atoms with van der Waals surface area (Å²) < 4.78 is 0.628. The van der Waals surface area contributed by atoms with Gasteiger partial charge in [-0.05, 0) is 25.1 Å². The molecule has 4 N–H and O–H groups in total. The quantitative estimate of drug-likeness (QED) is 0.784. The maximum Gasteiger partial charge on any atom is 0.337 e. The molecular weight excluding hydrogens is 276 g/mol. The number of rotatable bonds is 3. The van der Waals surface area contributed by atoms with E-state index in [9.17, 15) is 9.59 Å². The smallest absolute Gasteiger partial charge is 0.337 e. The summed E-state index contributed by atoms with van der Waals surface area (Å²) in [6.07, 6.45) is 0. The van der Waals surface area contributed by atoms with Gasteiger partial charge in [0, 0.05) is 4.47 Å². The zero-order chi connectivity index (χ0) is 12.3. The molecule has 5 nitrogen and oxygen atoms in total. The average Bonchev–Trinajstić information content (AvgIpc) is 2.20. The number of aromatic carboxylic acids is 1. The molecule has 0 unspecified atom stereocenters. The van der Waals surface area contributed by atoms with Crippen LogP contribution in [0.15, 0.2) is 22.7 Å². The van der Waals surface area contributed by atoms with E-state index < -0.39 is 17.9 Å². The van der Waals surface area contributed by atoms with Crippen LogP contribution in [-0.2, 0) is 4.79 Å². The summed E-state index contributed by atoms with van der Waals surface area (Å²) >= 11 is 3.16.